The van der Waals surface area contributed by atoms with Gasteiger partial charge in [-0.25, -0.2) is 0 Å². The molecule has 1 fully saturated rings. The highest BCUT2D eigenvalue weighted by Gasteiger charge is 2.21. The molecular weight excluding hydrogens is 332 g/mol. The fourth-order valence-corrected chi connectivity index (χ4v) is 3.42. The number of aliphatic carboxylic acids is 1. The number of nitriles is 1. The predicted molar refractivity (Wildman–Crippen MR) is 96.6 cm³/mol. The first-order valence-electron chi connectivity index (χ1n) is 9.21. The second kappa shape index (κ2) is 10.4. The van der Waals surface area contributed by atoms with Crippen molar-refractivity contribution in [2.75, 3.05) is 6.61 Å². The van der Waals surface area contributed by atoms with Crippen molar-refractivity contribution in [2.24, 2.45) is 5.92 Å². The number of hydrogen-bond acceptors (Lipinski definition) is 4. The van der Waals surface area contributed by atoms with Crippen LogP contribution in [-0.4, -0.2) is 29.6 Å². The monoisotopic (exact) mass is 358 g/mol. The molecule has 2 N–H and O–H groups in total. The molecule has 0 spiro atoms. The van der Waals surface area contributed by atoms with Crippen molar-refractivity contribution >= 4 is 11.9 Å². The summed E-state index contributed by atoms with van der Waals surface area (Å²) in [6.45, 7) is -0.125. The number of rotatable bonds is 9. The van der Waals surface area contributed by atoms with Crippen molar-refractivity contribution in [1.29, 1.82) is 5.26 Å². The molecule has 140 valence electrons. The summed E-state index contributed by atoms with van der Waals surface area (Å²) in [6, 6.07) is 8.45. The highest BCUT2D eigenvalue weighted by atomic mass is 16.5. The van der Waals surface area contributed by atoms with Crippen molar-refractivity contribution in [3.05, 3.63) is 29.8 Å². The summed E-state index contributed by atoms with van der Waals surface area (Å²) in [5, 5.41) is 20.6. The van der Waals surface area contributed by atoms with Gasteiger partial charge in [0.05, 0.1) is 11.6 Å². The van der Waals surface area contributed by atoms with Crippen LogP contribution in [0, 0.1) is 17.2 Å². The quantitative estimate of drug-likeness (QED) is 0.706. The van der Waals surface area contributed by atoms with E-state index in [0.29, 0.717) is 23.7 Å². The van der Waals surface area contributed by atoms with Crippen molar-refractivity contribution in [3.8, 4) is 11.8 Å². The van der Waals surface area contributed by atoms with E-state index in [1.807, 2.05) is 6.07 Å². The molecule has 6 heteroatoms. The SMILES string of the molecule is N#Cc1ccc(OCC(=O)NC(CCC(=O)O)CC2CCCCC2)cc1. The molecule has 0 bridgehead atoms. The van der Waals surface area contributed by atoms with Crippen molar-refractivity contribution in [3.63, 3.8) is 0 Å². The molecule has 1 aliphatic carbocycles. The molecule has 2 rings (SSSR count). The molecule has 26 heavy (non-hydrogen) atoms. The number of carboxylic acid groups (broad SMARTS) is 1. The first-order valence-corrected chi connectivity index (χ1v) is 9.21. The number of ether oxygens (including phenoxy) is 1. The number of carboxylic acids is 1. The zero-order valence-electron chi connectivity index (χ0n) is 14.9. The van der Waals surface area contributed by atoms with Crippen LogP contribution in [0.2, 0.25) is 0 Å². The average Bonchev–Trinajstić information content (AvgIpc) is 2.65. The van der Waals surface area contributed by atoms with Gasteiger partial charge >= 0.3 is 5.97 Å². The topological polar surface area (TPSA) is 99.4 Å². The third-order valence-electron chi connectivity index (χ3n) is 4.77. The highest BCUT2D eigenvalue weighted by Crippen LogP contribution is 2.28. The molecule has 1 unspecified atom stereocenters. The summed E-state index contributed by atoms with van der Waals surface area (Å²) in [7, 11) is 0. The van der Waals surface area contributed by atoms with E-state index in [0.717, 1.165) is 19.3 Å². The molecule has 1 amide bonds. The Hall–Kier alpha value is -2.55. The van der Waals surface area contributed by atoms with Crippen LogP contribution in [0.25, 0.3) is 0 Å². The van der Waals surface area contributed by atoms with Crippen LogP contribution < -0.4 is 10.1 Å². The van der Waals surface area contributed by atoms with Crippen molar-refractivity contribution < 1.29 is 19.4 Å². The van der Waals surface area contributed by atoms with E-state index < -0.39 is 5.97 Å². The fraction of sp³-hybridized carbons (Fsp3) is 0.550. The molecule has 0 heterocycles. The van der Waals surface area contributed by atoms with Crippen LogP contribution in [0.4, 0.5) is 0 Å². The lowest BCUT2D eigenvalue weighted by Gasteiger charge is -2.27. The first-order chi connectivity index (χ1) is 12.6. The lowest BCUT2D eigenvalue weighted by atomic mass is 9.84. The fourth-order valence-electron chi connectivity index (χ4n) is 3.42. The van der Waals surface area contributed by atoms with Crippen LogP contribution >= 0.6 is 0 Å². The summed E-state index contributed by atoms with van der Waals surface area (Å²) < 4.78 is 5.45. The zero-order valence-corrected chi connectivity index (χ0v) is 14.9. The zero-order chi connectivity index (χ0) is 18.8. The van der Waals surface area contributed by atoms with E-state index >= 15 is 0 Å². The molecular formula is C20H26N2O4. The van der Waals surface area contributed by atoms with Crippen LogP contribution in [-0.2, 0) is 9.59 Å². The normalized spacial score (nSPS) is 15.7. The molecule has 0 aliphatic heterocycles. The van der Waals surface area contributed by atoms with Gasteiger partial charge in [-0.3, -0.25) is 9.59 Å². The maximum atomic E-state index is 12.2. The first kappa shape index (κ1) is 19.8. The van der Waals surface area contributed by atoms with Gasteiger partial charge in [0.1, 0.15) is 5.75 Å². The van der Waals surface area contributed by atoms with Crippen LogP contribution in [0.3, 0.4) is 0 Å². The minimum atomic E-state index is -0.846. The van der Waals surface area contributed by atoms with E-state index in [-0.39, 0.29) is 25.0 Å². The van der Waals surface area contributed by atoms with Gasteiger partial charge in [0.25, 0.3) is 5.91 Å². The minimum Gasteiger partial charge on any atom is -0.484 e. The summed E-state index contributed by atoms with van der Waals surface area (Å²) in [5.74, 6) is -0.0157. The lowest BCUT2D eigenvalue weighted by Crippen LogP contribution is -2.39. The molecule has 1 saturated carbocycles. The maximum absolute atomic E-state index is 12.2. The Bertz CT molecular complexity index is 630. The second-order valence-corrected chi connectivity index (χ2v) is 6.86. The Labute approximate surface area is 154 Å². The lowest BCUT2D eigenvalue weighted by molar-refractivity contribution is -0.137. The molecule has 1 aromatic rings. The Morgan fingerprint density at radius 2 is 1.92 bits per heavy atom. The molecule has 1 aromatic carbocycles. The van der Waals surface area contributed by atoms with E-state index in [1.54, 1.807) is 24.3 Å². The van der Waals surface area contributed by atoms with E-state index in [2.05, 4.69) is 5.32 Å². The van der Waals surface area contributed by atoms with Crippen LogP contribution in [0.15, 0.2) is 24.3 Å². The largest absolute Gasteiger partial charge is 0.484 e. The van der Waals surface area contributed by atoms with Crippen molar-refractivity contribution in [2.45, 2.75) is 57.4 Å². The molecule has 0 aromatic heterocycles. The Morgan fingerprint density at radius 3 is 2.54 bits per heavy atom. The van der Waals surface area contributed by atoms with Gasteiger partial charge in [-0.2, -0.15) is 5.26 Å². The van der Waals surface area contributed by atoms with Crippen LogP contribution in [0.1, 0.15) is 56.9 Å². The van der Waals surface area contributed by atoms with Gasteiger partial charge in [0.15, 0.2) is 6.61 Å². The standard InChI is InChI=1S/C20H26N2O4/c21-13-16-6-9-18(10-7-16)26-14-19(23)22-17(8-11-20(24)25)12-15-4-2-1-3-5-15/h6-7,9-10,15,17H,1-5,8,11-12,14H2,(H,22,23)(H,24,25). The average molecular weight is 358 g/mol. The Balaban J connectivity index is 1.82. The number of amides is 1. The Morgan fingerprint density at radius 1 is 1.23 bits per heavy atom. The van der Waals surface area contributed by atoms with E-state index in [1.165, 1.54) is 19.3 Å². The van der Waals surface area contributed by atoms with Crippen molar-refractivity contribution in [1.82, 2.24) is 5.32 Å². The molecule has 0 radical (unpaired) electrons. The number of carbonyl (C=O) groups is 2. The van der Waals surface area contributed by atoms with Gasteiger partial charge in [0, 0.05) is 12.5 Å². The smallest absolute Gasteiger partial charge is 0.303 e. The second-order valence-electron chi connectivity index (χ2n) is 6.86. The number of nitrogens with one attached hydrogen (secondary N) is 1. The minimum absolute atomic E-state index is 0.0497. The number of nitrogens with zero attached hydrogens (tertiary/aromatic N) is 1. The van der Waals surface area contributed by atoms with Gasteiger partial charge in [-0.1, -0.05) is 32.1 Å². The van der Waals surface area contributed by atoms with Gasteiger partial charge < -0.3 is 15.2 Å². The summed E-state index contributed by atoms with van der Waals surface area (Å²) >= 11 is 0. The Kier molecular flexibility index (Phi) is 7.94. The van der Waals surface area contributed by atoms with Gasteiger partial charge in [0.2, 0.25) is 0 Å². The summed E-state index contributed by atoms with van der Waals surface area (Å²) in [4.78, 5) is 23.1. The molecule has 1 aliphatic rings. The van der Waals surface area contributed by atoms with E-state index in [4.69, 9.17) is 15.1 Å². The maximum Gasteiger partial charge on any atom is 0.303 e. The summed E-state index contributed by atoms with van der Waals surface area (Å²) in [5.41, 5.74) is 0.531. The number of benzene rings is 1. The summed E-state index contributed by atoms with van der Waals surface area (Å²) in [6.07, 6.45) is 7.32. The number of carbonyl (C=O) groups excluding carboxylic acids is 1. The van der Waals surface area contributed by atoms with Crippen LogP contribution in [0.5, 0.6) is 5.75 Å². The molecule has 0 saturated heterocycles. The highest BCUT2D eigenvalue weighted by molar-refractivity contribution is 5.78. The predicted octanol–water partition coefficient (Wildman–Crippen LogP) is 3.26. The third-order valence-corrected chi connectivity index (χ3v) is 4.77. The van der Waals surface area contributed by atoms with Gasteiger partial charge in [-0.05, 0) is 43.0 Å². The molecule has 6 nitrogen and oxygen atoms in total. The molecule has 1 atom stereocenters. The third kappa shape index (κ3) is 7.14. The van der Waals surface area contributed by atoms with E-state index in [9.17, 15) is 9.59 Å². The van der Waals surface area contributed by atoms with Gasteiger partial charge in [-0.15, -0.1) is 0 Å². The number of hydrogen-bond donors (Lipinski definition) is 2.